The van der Waals surface area contributed by atoms with E-state index in [4.69, 9.17) is 10.5 Å². The molecule has 0 radical (unpaired) electrons. The maximum atomic E-state index is 12.4. The zero-order valence-electron chi connectivity index (χ0n) is 16.7. The normalized spacial score (nSPS) is 13.1. The second kappa shape index (κ2) is 9.40. The third kappa shape index (κ3) is 5.07. The van der Waals surface area contributed by atoms with Gasteiger partial charge in [0.15, 0.2) is 0 Å². The van der Waals surface area contributed by atoms with Crippen molar-refractivity contribution in [3.63, 3.8) is 0 Å². The molecule has 3 aromatic rings. The van der Waals surface area contributed by atoms with Crippen molar-refractivity contribution in [1.82, 2.24) is 14.9 Å². The van der Waals surface area contributed by atoms with E-state index in [1.807, 2.05) is 18.2 Å². The summed E-state index contributed by atoms with van der Waals surface area (Å²) < 4.78 is 5.37. The SMILES string of the molecule is Nc1c(NC(=O)/C=C/c2cccnc2)sc2c1CCN(C(=O)OCc1ccccn1)C2. The van der Waals surface area contributed by atoms with Gasteiger partial charge in [-0.2, -0.15) is 0 Å². The average molecular weight is 436 g/mol. The number of ether oxygens (including phenoxy) is 1. The lowest BCUT2D eigenvalue weighted by molar-refractivity contribution is -0.111. The summed E-state index contributed by atoms with van der Waals surface area (Å²) in [6, 6.07) is 9.12. The van der Waals surface area contributed by atoms with Gasteiger partial charge in [0, 0.05) is 36.1 Å². The minimum Gasteiger partial charge on any atom is -0.443 e. The van der Waals surface area contributed by atoms with Gasteiger partial charge in [-0.15, -0.1) is 11.3 Å². The Bertz CT molecular complexity index is 1100. The Balaban J connectivity index is 1.37. The maximum Gasteiger partial charge on any atom is 0.410 e. The first-order valence-corrected chi connectivity index (χ1v) is 10.5. The number of nitrogen functional groups attached to an aromatic ring is 1. The molecule has 4 heterocycles. The van der Waals surface area contributed by atoms with Gasteiger partial charge in [0.25, 0.3) is 0 Å². The lowest BCUT2D eigenvalue weighted by atomic mass is 10.1. The maximum absolute atomic E-state index is 12.4. The number of aromatic nitrogens is 2. The van der Waals surface area contributed by atoms with Gasteiger partial charge >= 0.3 is 6.09 Å². The first-order valence-electron chi connectivity index (χ1n) is 9.71. The van der Waals surface area contributed by atoms with E-state index in [2.05, 4.69) is 15.3 Å². The van der Waals surface area contributed by atoms with Crippen LogP contribution in [0.3, 0.4) is 0 Å². The Hall–Kier alpha value is -3.72. The number of nitrogens with one attached hydrogen (secondary N) is 1. The van der Waals surface area contributed by atoms with Crippen LogP contribution in [0.4, 0.5) is 15.5 Å². The van der Waals surface area contributed by atoms with Gasteiger partial charge < -0.3 is 20.7 Å². The summed E-state index contributed by atoms with van der Waals surface area (Å²) in [5.74, 6) is -0.277. The van der Waals surface area contributed by atoms with E-state index in [1.165, 1.54) is 17.4 Å². The molecule has 1 aliphatic heterocycles. The first-order chi connectivity index (χ1) is 15.1. The predicted molar refractivity (Wildman–Crippen MR) is 119 cm³/mol. The molecule has 2 amide bonds. The Morgan fingerprint density at radius 1 is 1.26 bits per heavy atom. The van der Waals surface area contributed by atoms with Crippen molar-refractivity contribution in [3.05, 3.63) is 76.7 Å². The molecule has 0 aliphatic carbocycles. The number of carbonyl (C=O) groups excluding carboxylic acids is 2. The molecule has 31 heavy (non-hydrogen) atoms. The molecule has 3 N–H and O–H groups in total. The molecule has 0 saturated carbocycles. The first kappa shape index (κ1) is 20.5. The minimum atomic E-state index is -0.395. The molecule has 0 aromatic carbocycles. The van der Waals surface area contributed by atoms with Gasteiger partial charge in [-0.3, -0.25) is 14.8 Å². The van der Waals surface area contributed by atoms with Gasteiger partial charge in [-0.25, -0.2) is 4.79 Å². The van der Waals surface area contributed by atoms with Crippen LogP contribution in [0.15, 0.2) is 55.0 Å². The molecule has 3 aromatic heterocycles. The zero-order chi connectivity index (χ0) is 21.6. The Kier molecular flexibility index (Phi) is 6.23. The summed E-state index contributed by atoms with van der Waals surface area (Å²) in [5.41, 5.74) is 9.31. The number of rotatable bonds is 5. The summed E-state index contributed by atoms with van der Waals surface area (Å²) in [5, 5.41) is 3.42. The van der Waals surface area contributed by atoms with Crippen molar-refractivity contribution in [1.29, 1.82) is 0 Å². The molecule has 0 bridgehead atoms. The van der Waals surface area contributed by atoms with Gasteiger partial charge in [-0.05, 0) is 41.8 Å². The largest absolute Gasteiger partial charge is 0.443 e. The number of nitrogens with two attached hydrogens (primary N) is 1. The highest BCUT2D eigenvalue weighted by atomic mass is 32.1. The number of amides is 2. The lowest BCUT2D eigenvalue weighted by Crippen LogP contribution is -2.35. The fourth-order valence-corrected chi connectivity index (χ4v) is 4.37. The molecule has 0 fully saturated rings. The highest BCUT2D eigenvalue weighted by Gasteiger charge is 2.27. The smallest absolute Gasteiger partial charge is 0.410 e. The molecule has 8 nitrogen and oxygen atoms in total. The molecule has 1 aliphatic rings. The zero-order valence-corrected chi connectivity index (χ0v) is 17.5. The molecule has 4 rings (SSSR count). The van der Waals surface area contributed by atoms with E-state index >= 15 is 0 Å². The predicted octanol–water partition coefficient (Wildman–Crippen LogP) is 3.47. The third-order valence-electron chi connectivity index (χ3n) is 4.77. The van der Waals surface area contributed by atoms with E-state index in [0.717, 1.165) is 16.0 Å². The van der Waals surface area contributed by atoms with Crippen molar-refractivity contribution in [2.24, 2.45) is 0 Å². The topological polar surface area (TPSA) is 110 Å². The number of hydrogen-bond acceptors (Lipinski definition) is 7. The monoisotopic (exact) mass is 435 g/mol. The number of pyridine rings is 2. The number of carbonyl (C=O) groups is 2. The second-order valence-electron chi connectivity index (χ2n) is 6.90. The number of hydrogen-bond donors (Lipinski definition) is 2. The van der Waals surface area contributed by atoms with Gasteiger partial charge in [0.2, 0.25) is 5.91 Å². The fraction of sp³-hybridized carbons (Fsp3) is 0.182. The molecular formula is C22H21N5O3S. The highest BCUT2D eigenvalue weighted by molar-refractivity contribution is 7.17. The van der Waals surface area contributed by atoms with E-state index in [1.54, 1.807) is 41.7 Å². The van der Waals surface area contributed by atoms with E-state index in [0.29, 0.717) is 35.9 Å². The van der Waals surface area contributed by atoms with Crippen LogP contribution in [-0.2, 0) is 29.1 Å². The summed E-state index contributed by atoms with van der Waals surface area (Å²) in [6.07, 6.45) is 8.34. The second-order valence-corrected chi connectivity index (χ2v) is 8.01. The van der Waals surface area contributed by atoms with Crippen LogP contribution in [0, 0.1) is 0 Å². The standard InChI is InChI=1S/C22H21N5O3S/c23-20-17-8-11-27(22(29)30-14-16-5-1-2-10-25-16)13-18(17)31-21(20)26-19(28)7-6-15-4-3-9-24-12-15/h1-7,9-10,12H,8,11,13-14,23H2,(H,26,28)/b7-6+. The number of thiophene rings is 1. The van der Waals surface area contributed by atoms with Crippen LogP contribution in [0.1, 0.15) is 21.7 Å². The summed E-state index contributed by atoms with van der Waals surface area (Å²) in [7, 11) is 0. The van der Waals surface area contributed by atoms with E-state index in [-0.39, 0.29) is 12.5 Å². The molecule has 0 saturated heterocycles. The van der Waals surface area contributed by atoms with Crippen LogP contribution >= 0.6 is 11.3 Å². The van der Waals surface area contributed by atoms with Crippen molar-refractivity contribution < 1.29 is 14.3 Å². The lowest BCUT2D eigenvalue weighted by Gasteiger charge is -2.26. The number of fused-ring (bicyclic) bond motifs is 1. The minimum absolute atomic E-state index is 0.125. The molecular weight excluding hydrogens is 414 g/mol. The summed E-state index contributed by atoms with van der Waals surface area (Å²) in [4.78, 5) is 35.5. The van der Waals surface area contributed by atoms with E-state index in [9.17, 15) is 9.59 Å². The molecule has 0 spiro atoms. The quantitative estimate of drug-likeness (QED) is 0.594. The Morgan fingerprint density at radius 3 is 2.94 bits per heavy atom. The molecule has 158 valence electrons. The van der Waals surface area contributed by atoms with Crippen molar-refractivity contribution in [3.8, 4) is 0 Å². The van der Waals surface area contributed by atoms with E-state index < -0.39 is 6.09 Å². The van der Waals surface area contributed by atoms with Crippen molar-refractivity contribution >= 4 is 40.1 Å². The average Bonchev–Trinajstić information content (AvgIpc) is 3.12. The molecule has 9 heteroatoms. The van der Waals surface area contributed by atoms with Crippen LogP contribution in [-0.4, -0.2) is 33.4 Å². The van der Waals surface area contributed by atoms with Crippen LogP contribution in [0.5, 0.6) is 0 Å². The highest BCUT2D eigenvalue weighted by Crippen LogP contribution is 2.39. The fourth-order valence-electron chi connectivity index (χ4n) is 3.19. The van der Waals surface area contributed by atoms with Crippen LogP contribution < -0.4 is 11.1 Å². The summed E-state index contributed by atoms with van der Waals surface area (Å²) in [6.45, 7) is 1.02. The molecule has 0 unspecified atom stereocenters. The number of nitrogens with zero attached hydrogens (tertiary/aromatic N) is 3. The van der Waals surface area contributed by atoms with Crippen LogP contribution in [0.25, 0.3) is 6.08 Å². The molecule has 0 atom stereocenters. The number of anilines is 2. The van der Waals surface area contributed by atoms with Crippen molar-refractivity contribution in [2.75, 3.05) is 17.6 Å². The van der Waals surface area contributed by atoms with Gasteiger partial charge in [0.05, 0.1) is 17.9 Å². The van der Waals surface area contributed by atoms with Gasteiger partial charge in [-0.1, -0.05) is 12.1 Å². The van der Waals surface area contributed by atoms with Crippen molar-refractivity contribution in [2.45, 2.75) is 19.6 Å². The Morgan fingerprint density at radius 2 is 2.16 bits per heavy atom. The van der Waals surface area contributed by atoms with Crippen LogP contribution in [0.2, 0.25) is 0 Å². The van der Waals surface area contributed by atoms with Gasteiger partial charge in [0.1, 0.15) is 11.6 Å². The third-order valence-corrected chi connectivity index (χ3v) is 5.92. The summed E-state index contributed by atoms with van der Waals surface area (Å²) >= 11 is 1.38. The Labute approximate surface area is 183 Å².